The molecule has 1 aliphatic heterocycles. The van der Waals surface area contributed by atoms with E-state index in [1.165, 1.54) is 5.56 Å². The highest BCUT2D eigenvalue weighted by atomic mass is 16.5. The Labute approximate surface area is 215 Å². The van der Waals surface area contributed by atoms with Crippen molar-refractivity contribution in [2.45, 2.75) is 33.3 Å². The van der Waals surface area contributed by atoms with E-state index in [-0.39, 0.29) is 18.4 Å². The van der Waals surface area contributed by atoms with Gasteiger partial charge in [0.25, 0.3) is 5.91 Å². The topological polar surface area (TPSA) is 81.0 Å². The lowest BCUT2D eigenvalue weighted by molar-refractivity contribution is -0.136. The number of carboxylic acids is 1. The normalized spacial score (nSPS) is 14.8. The number of hydrogen-bond acceptors (Lipinski definition) is 5. The second kappa shape index (κ2) is 9.65. The highest BCUT2D eigenvalue weighted by Crippen LogP contribution is 2.34. The number of rotatable bonds is 6. The summed E-state index contributed by atoms with van der Waals surface area (Å²) in [6.45, 7) is 6.86. The first-order valence-electron chi connectivity index (χ1n) is 12.3. The van der Waals surface area contributed by atoms with Crippen LogP contribution in [0.15, 0.2) is 60.7 Å². The molecule has 0 saturated heterocycles. The maximum atomic E-state index is 13.6. The van der Waals surface area contributed by atoms with Crippen LogP contribution in [0.5, 0.6) is 11.5 Å². The van der Waals surface area contributed by atoms with Gasteiger partial charge in [0.05, 0.1) is 24.2 Å². The van der Waals surface area contributed by atoms with E-state index < -0.39 is 5.97 Å². The summed E-state index contributed by atoms with van der Waals surface area (Å²) in [5, 5.41) is 10.2. The number of likely N-dealkylation sites (N-methyl/N-ethyl adjacent to an activating group) is 1. The minimum absolute atomic E-state index is 0.123. The summed E-state index contributed by atoms with van der Waals surface area (Å²) in [6, 6.07) is 18.9. The number of ether oxygens (including phenoxy) is 2. The minimum atomic E-state index is -0.928. The molecule has 1 aliphatic rings. The van der Waals surface area contributed by atoms with E-state index in [1.54, 1.807) is 17.6 Å². The van der Waals surface area contributed by atoms with Gasteiger partial charge in [0.2, 0.25) is 0 Å². The molecule has 5 rings (SSSR count). The number of carbonyl (C=O) groups is 2. The summed E-state index contributed by atoms with van der Waals surface area (Å²) in [5.41, 5.74) is 5.61. The van der Waals surface area contributed by atoms with Crippen molar-refractivity contribution >= 4 is 28.5 Å². The molecular formula is C30H30N2O5. The molecule has 0 bridgehead atoms. The Morgan fingerprint density at radius 1 is 1.05 bits per heavy atom. The molecule has 1 atom stereocenters. The molecule has 7 heteroatoms. The lowest BCUT2D eigenvalue weighted by atomic mass is 10.1. The summed E-state index contributed by atoms with van der Waals surface area (Å²) in [7, 11) is 2.05. The van der Waals surface area contributed by atoms with Crippen LogP contribution in [0.25, 0.3) is 10.9 Å². The lowest BCUT2D eigenvalue weighted by Crippen LogP contribution is -2.41. The number of anilines is 1. The number of aryl methyl sites for hydroxylation is 2. The second-order valence-corrected chi connectivity index (χ2v) is 9.68. The number of nitrogens with zero attached hydrogens (tertiary/aromatic N) is 2. The fourth-order valence-corrected chi connectivity index (χ4v) is 5.06. The Bertz CT molecular complexity index is 1520. The number of carbonyl (C=O) groups excluding carboxylic acids is 1. The third-order valence-electron chi connectivity index (χ3n) is 6.92. The van der Waals surface area contributed by atoms with Crippen molar-refractivity contribution in [3.8, 4) is 11.5 Å². The van der Waals surface area contributed by atoms with Gasteiger partial charge in [-0.2, -0.15) is 0 Å². The Hall–Kier alpha value is -4.26. The molecule has 3 aromatic carbocycles. The molecule has 0 radical (unpaired) electrons. The summed E-state index contributed by atoms with van der Waals surface area (Å²) < 4.78 is 13.9. The van der Waals surface area contributed by atoms with Crippen molar-refractivity contribution in [1.82, 2.24) is 4.57 Å². The van der Waals surface area contributed by atoms with Crippen LogP contribution in [0.1, 0.15) is 32.7 Å². The molecule has 1 N–H and O–H groups in total. The zero-order chi connectivity index (χ0) is 26.3. The van der Waals surface area contributed by atoms with Crippen LogP contribution in [0.3, 0.4) is 0 Å². The number of benzene rings is 3. The number of fused-ring (bicyclic) bond motifs is 2. The summed E-state index contributed by atoms with van der Waals surface area (Å²) in [6.07, 6.45) is -0.261. The Balaban J connectivity index is 1.35. The number of carboxylic acid groups (broad SMARTS) is 1. The molecule has 0 spiro atoms. The minimum Gasteiger partial charge on any atom is -0.489 e. The molecule has 0 amide bonds. The van der Waals surface area contributed by atoms with Crippen molar-refractivity contribution in [2.75, 3.05) is 25.1 Å². The average Bonchev–Trinajstić information content (AvgIpc) is 3.14. The summed E-state index contributed by atoms with van der Waals surface area (Å²) in [4.78, 5) is 27.2. The molecule has 7 nitrogen and oxygen atoms in total. The van der Waals surface area contributed by atoms with E-state index in [4.69, 9.17) is 9.47 Å². The van der Waals surface area contributed by atoms with Gasteiger partial charge in [-0.05, 0) is 73.9 Å². The van der Waals surface area contributed by atoms with Gasteiger partial charge in [0.15, 0.2) is 0 Å². The lowest BCUT2D eigenvalue weighted by Gasteiger charge is -2.34. The fourth-order valence-electron chi connectivity index (χ4n) is 5.06. The smallest absolute Gasteiger partial charge is 0.307 e. The quantitative estimate of drug-likeness (QED) is 0.396. The first kappa shape index (κ1) is 24.4. The van der Waals surface area contributed by atoms with Crippen LogP contribution in [0.4, 0.5) is 5.69 Å². The van der Waals surface area contributed by atoms with Gasteiger partial charge in [0.1, 0.15) is 24.2 Å². The van der Waals surface area contributed by atoms with E-state index in [0.717, 1.165) is 22.4 Å². The number of para-hydroxylation sites is 1. The van der Waals surface area contributed by atoms with Crippen molar-refractivity contribution in [3.05, 3.63) is 88.6 Å². The van der Waals surface area contributed by atoms with Gasteiger partial charge in [-0.3, -0.25) is 14.2 Å². The molecular weight excluding hydrogens is 468 g/mol. The molecule has 0 aliphatic carbocycles. The van der Waals surface area contributed by atoms with Crippen LogP contribution in [-0.4, -0.2) is 47.9 Å². The number of aliphatic carboxylic acids is 1. The van der Waals surface area contributed by atoms with Gasteiger partial charge >= 0.3 is 5.97 Å². The van der Waals surface area contributed by atoms with Crippen molar-refractivity contribution in [1.29, 1.82) is 0 Å². The van der Waals surface area contributed by atoms with Crippen LogP contribution in [0, 0.1) is 20.8 Å². The first-order valence-corrected chi connectivity index (χ1v) is 12.3. The molecule has 0 saturated carbocycles. The van der Waals surface area contributed by atoms with E-state index in [2.05, 4.69) is 17.9 Å². The largest absolute Gasteiger partial charge is 0.489 e. The molecule has 0 unspecified atom stereocenters. The molecule has 2 heterocycles. The molecule has 190 valence electrons. The maximum absolute atomic E-state index is 13.6. The molecule has 4 aromatic rings. The van der Waals surface area contributed by atoms with Crippen LogP contribution < -0.4 is 14.4 Å². The van der Waals surface area contributed by atoms with Gasteiger partial charge in [0, 0.05) is 23.7 Å². The van der Waals surface area contributed by atoms with Gasteiger partial charge < -0.3 is 19.5 Å². The Morgan fingerprint density at radius 3 is 2.59 bits per heavy atom. The van der Waals surface area contributed by atoms with Crippen LogP contribution in [0.2, 0.25) is 0 Å². The number of hydrogen-bond donors (Lipinski definition) is 1. The highest BCUT2D eigenvalue weighted by Gasteiger charge is 2.25. The first-order chi connectivity index (χ1) is 17.7. The zero-order valence-electron chi connectivity index (χ0n) is 21.4. The third kappa shape index (κ3) is 4.65. The van der Waals surface area contributed by atoms with E-state index in [1.807, 2.05) is 62.5 Å². The van der Waals surface area contributed by atoms with E-state index in [9.17, 15) is 14.7 Å². The van der Waals surface area contributed by atoms with Crippen molar-refractivity contribution < 1.29 is 24.2 Å². The predicted molar refractivity (Wildman–Crippen MR) is 143 cm³/mol. The second-order valence-electron chi connectivity index (χ2n) is 9.68. The van der Waals surface area contributed by atoms with Crippen LogP contribution in [-0.2, 0) is 11.2 Å². The van der Waals surface area contributed by atoms with Gasteiger partial charge in [-0.25, -0.2) is 0 Å². The Morgan fingerprint density at radius 2 is 1.84 bits per heavy atom. The standard InChI is InChI=1S/C30H30N2O5/c1-18-9-11-28-26(13-18)31(4)16-22(37-28)17-36-27-12-10-21(14-19(27)2)30(35)32-20(3)24(15-29(33)34)23-7-5-6-8-25(23)32/h5-14,22H,15-17H2,1-4H3,(H,33,34)/t22-/m0/s1. The fraction of sp³-hybridized carbons (Fsp3) is 0.267. The average molecular weight is 499 g/mol. The van der Waals surface area contributed by atoms with E-state index >= 15 is 0 Å². The summed E-state index contributed by atoms with van der Waals surface area (Å²) >= 11 is 0. The molecule has 0 fully saturated rings. The van der Waals surface area contributed by atoms with E-state index in [0.29, 0.717) is 41.2 Å². The SMILES string of the molecule is Cc1ccc2c(c1)N(C)C[C@@H](COc1ccc(C(=O)n3c(C)c(CC(=O)O)c4ccccc43)cc1C)O2. The monoisotopic (exact) mass is 498 g/mol. The van der Waals surface area contributed by atoms with Gasteiger partial charge in [-0.15, -0.1) is 0 Å². The van der Waals surface area contributed by atoms with Crippen molar-refractivity contribution in [3.63, 3.8) is 0 Å². The molecule has 1 aromatic heterocycles. The number of aromatic nitrogens is 1. The molecule has 37 heavy (non-hydrogen) atoms. The predicted octanol–water partition coefficient (Wildman–Crippen LogP) is 5.16. The van der Waals surface area contributed by atoms with Crippen LogP contribution >= 0.6 is 0 Å². The van der Waals surface area contributed by atoms with Crippen molar-refractivity contribution in [2.24, 2.45) is 0 Å². The highest BCUT2D eigenvalue weighted by molar-refractivity contribution is 6.04. The zero-order valence-corrected chi connectivity index (χ0v) is 21.4. The maximum Gasteiger partial charge on any atom is 0.307 e. The van der Waals surface area contributed by atoms with Gasteiger partial charge in [-0.1, -0.05) is 24.3 Å². The summed E-state index contributed by atoms with van der Waals surface area (Å²) in [5.74, 6) is 0.409. The Kier molecular flexibility index (Phi) is 6.38. The third-order valence-corrected chi connectivity index (χ3v) is 6.92.